The standard InChI is InChI=1S/C21H18N2O3S/c1-13(26-18-9-5-7-14-6-3-4-8-16(14)18)20(24)22-15-10-11-17-19(12-15)27-21(25)23(17)2/h3-13H,1-2H3,(H,22,24)/t13-/m1/s1. The monoisotopic (exact) mass is 378 g/mol. The molecule has 5 nitrogen and oxygen atoms in total. The van der Waals surface area contributed by atoms with Gasteiger partial charge in [0.2, 0.25) is 0 Å². The molecule has 4 rings (SSSR count). The van der Waals surface area contributed by atoms with E-state index in [4.69, 9.17) is 4.74 Å². The molecule has 6 heteroatoms. The van der Waals surface area contributed by atoms with Gasteiger partial charge < -0.3 is 14.6 Å². The number of carbonyl (C=O) groups excluding carboxylic acids is 1. The highest BCUT2D eigenvalue weighted by Crippen LogP contribution is 2.26. The minimum Gasteiger partial charge on any atom is -0.480 e. The van der Waals surface area contributed by atoms with Gasteiger partial charge in [0.1, 0.15) is 5.75 Å². The Morgan fingerprint density at radius 3 is 2.74 bits per heavy atom. The number of thiazole rings is 1. The van der Waals surface area contributed by atoms with Crippen LogP contribution in [0.1, 0.15) is 6.92 Å². The summed E-state index contributed by atoms with van der Waals surface area (Å²) >= 11 is 1.16. The molecule has 1 aromatic heterocycles. The Morgan fingerprint density at radius 2 is 1.89 bits per heavy atom. The van der Waals surface area contributed by atoms with E-state index in [9.17, 15) is 9.59 Å². The van der Waals surface area contributed by atoms with Crippen molar-refractivity contribution in [1.29, 1.82) is 0 Å². The predicted octanol–water partition coefficient (Wildman–Crippen LogP) is 4.16. The van der Waals surface area contributed by atoms with Gasteiger partial charge in [0, 0.05) is 18.1 Å². The molecule has 136 valence electrons. The quantitative estimate of drug-likeness (QED) is 0.580. The molecule has 1 amide bonds. The maximum Gasteiger partial charge on any atom is 0.307 e. The minimum atomic E-state index is -0.666. The van der Waals surface area contributed by atoms with Crippen molar-refractivity contribution in [3.05, 3.63) is 70.3 Å². The first kappa shape index (κ1) is 17.3. The van der Waals surface area contributed by atoms with Gasteiger partial charge in [0.15, 0.2) is 6.10 Å². The maximum absolute atomic E-state index is 12.6. The molecule has 0 aliphatic heterocycles. The third-order valence-corrected chi connectivity index (χ3v) is 5.48. The van der Waals surface area contributed by atoms with E-state index in [1.807, 2.05) is 54.6 Å². The molecular weight excluding hydrogens is 360 g/mol. The third kappa shape index (κ3) is 3.31. The molecule has 0 saturated heterocycles. The Bertz CT molecular complexity index is 1200. The molecule has 0 aliphatic rings. The van der Waals surface area contributed by atoms with Crippen LogP contribution in [-0.4, -0.2) is 16.6 Å². The topological polar surface area (TPSA) is 60.3 Å². The number of aromatic nitrogens is 1. The van der Waals surface area contributed by atoms with Crippen LogP contribution in [0.2, 0.25) is 0 Å². The number of amides is 1. The van der Waals surface area contributed by atoms with Crippen LogP contribution in [0.15, 0.2) is 65.5 Å². The number of aryl methyl sites for hydroxylation is 1. The SMILES string of the molecule is C[C@@H](Oc1cccc2ccccc12)C(=O)Nc1ccc2c(c1)sc(=O)n2C. The number of benzene rings is 3. The lowest BCUT2D eigenvalue weighted by molar-refractivity contribution is -0.122. The fourth-order valence-electron chi connectivity index (χ4n) is 3.00. The number of ether oxygens (including phenoxy) is 1. The summed E-state index contributed by atoms with van der Waals surface area (Å²) in [4.78, 5) is 24.3. The second kappa shape index (κ2) is 6.89. The summed E-state index contributed by atoms with van der Waals surface area (Å²) < 4.78 is 8.34. The first-order valence-corrected chi connectivity index (χ1v) is 9.39. The molecule has 1 N–H and O–H groups in total. The number of hydrogen-bond acceptors (Lipinski definition) is 4. The highest BCUT2D eigenvalue weighted by Gasteiger charge is 2.16. The van der Waals surface area contributed by atoms with Crippen molar-refractivity contribution in [1.82, 2.24) is 4.57 Å². The summed E-state index contributed by atoms with van der Waals surface area (Å²) in [5, 5.41) is 4.89. The van der Waals surface area contributed by atoms with Crippen molar-refractivity contribution in [3.8, 4) is 5.75 Å². The van der Waals surface area contributed by atoms with Crippen LogP contribution in [0, 0.1) is 0 Å². The van der Waals surface area contributed by atoms with E-state index >= 15 is 0 Å². The van der Waals surface area contributed by atoms with Gasteiger partial charge in [-0.05, 0) is 36.6 Å². The molecular formula is C21H18N2O3S. The van der Waals surface area contributed by atoms with E-state index < -0.39 is 6.10 Å². The van der Waals surface area contributed by atoms with Crippen LogP contribution in [0.4, 0.5) is 5.69 Å². The Balaban J connectivity index is 1.53. The predicted molar refractivity (Wildman–Crippen MR) is 110 cm³/mol. The van der Waals surface area contributed by atoms with Gasteiger partial charge in [0.25, 0.3) is 5.91 Å². The fraction of sp³-hybridized carbons (Fsp3) is 0.143. The van der Waals surface area contributed by atoms with E-state index in [-0.39, 0.29) is 10.8 Å². The van der Waals surface area contributed by atoms with Crippen LogP contribution in [0.3, 0.4) is 0 Å². The smallest absolute Gasteiger partial charge is 0.307 e. The van der Waals surface area contributed by atoms with Crippen LogP contribution in [0.5, 0.6) is 5.75 Å². The minimum absolute atomic E-state index is 0.0267. The van der Waals surface area contributed by atoms with Crippen molar-refractivity contribution < 1.29 is 9.53 Å². The fourth-order valence-corrected chi connectivity index (χ4v) is 3.92. The molecule has 0 bridgehead atoms. The van der Waals surface area contributed by atoms with Crippen LogP contribution < -0.4 is 14.9 Å². The average molecular weight is 378 g/mol. The normalized spacial score (nSPS) is 12.2. The molecule has 4 aromatic rings. The van der Waals surface area contributed by atoms with E-state index in [2.05, 4.69) is 5.32 Å². The number of carbonyl (C=O) groups is 1. The van der Waals surface area contributed by atoms with E-state index in [1.165, 1.54) is 0 Å². The van der Waals surface area contributed by atoms with Crippen molar-refractivity contribution in [3.63, 3.8) is 0 Å². The highest BCUT2D eigenvalue weighted by molar-refractivity contribution is 7.16. The molecule has 0 saturated carbocycles. The van der Waals surface area contributed by atoms with E-state index in [0.717, 1.165) is 32.3 Å². The van der Waals surface area contributed by atoms with Gasteiger partial charge in [-0.25, -0.2) is 0 Å². The summed E-state index contributed by atoms with van der Waals surface area (Å²) in [5.41, 5.74) is 1.49. The summed E-state index contributed by atoms with van der Waals surface area (Å²) in [5.74, 6) is 0.429. The van der Waals surface area contributed by atoms with Gasteiger partial charge in [-0.3, -0.25) is 9.59 Å². The molecule has 0 spiro atoms. The zero-order valence-corrected chi connectivity index (χ0v) is 15.7. The summed E-state index contributed by atoms with van der Waals surface area (Å²) in [6.45, 7) is 1.72. The summed E-state index contributed by atoms with van der Waals surface area (Å²) in [7, 11) is 1.74. The number of nitrogens with zero attached hydrogens (tertiary/aromatic N) is 1. The van der Waals surface area contributed by atoms with Gasteiger partial charge in [-0.2, -0.15) is 0 Å². The summed E-state index contributed by atoms with van der Waals surface area (Å²) in [6.07, 6.45) is -0.666. The summed E-state index contributed by atoms with van der Waals surface area (Å²) in [6, 6.07) is 19.1. The zero-order valence-electron chi connectivity index (χ0n) is 14.9. The van der Waals surface area contributed by atoms with Crippen LogP contribution in [0.25, 0.3) is 21.0 Å². The Morgan fingerprint density at radius 1 is 1.11 bits per heavy atom. The lowest BCUT2D eigenvalue weighted by Crippen LogP contribution is -2.30. The third-order valence-electron chi connectivity index (χ3n) is 4.48. The van der Waals surface area contributed by atoms with Crippen LogP contribution >= 0.6 is 11.3 Å². The van der Waals surface area contributed by atoms with Gasteiger partial charge in [-0.1, -0.05) is 47.7 Å². The highest BCUT2D eigenvalue weighted by atomic mass is 32.1. The van der Waals surface area contributed by atoms with Crippen molar-refractivity contribution >= 4 is 43.9 Å². The molecule has 3 aromatic carbocycles. The molecule has 1 atom stereocenters. The number of fused-ring (bicyclic) bond motifs is 2. The number of anilines is 1. The second-order valence-corrected chi connectivity index (χ2v) is 7.33. The molecule has 0 aliphatic carbocycles. The second-order valence-electron chi connectivity index (χ2n) is 6.34. The number of hydrogen-bond donors (Lipinski definition) is 1. The van der Waals surface area contributed by atoms with Crippen molar-refractivity contribution in [2.24, 2.45) is 7.05 Å². The lowest BCUT2D eigenvalue weighted by atomic mass is 10.1. The lowest BCUT2D eigenvalue weighted by Gasteiger charge is -2.16. The van der Waals surface area contributed by atoms with Crippen molar-refractivity contribution in [2.45, 2.75) is 13.0 Å². The zero-order chi connectivity index (χ0) is 19.0. The molecule has 0 fully saturated rings. The Hall–Kier alpha value is -3.12. The van der Waals surface area contributed by atoms with Gasteiger partial charge >= 0.3 is 4.87 Å². The Labute approximate surface area is 159 Å². The van der Waals surface area contributed by atoms with Gasteiger partial charge in [0.05, 0.1) is 10.2 Å². The molecule has 0 unspecified atom stereocenters. The van der Waals surface area contributed by atoms with Crippen molar-refractivity contribution in [2.75, 3.05) is 5.32 Å². The number of rotatable bonds is 4. The molecule has 1 heterocycles. The average Bonchev–Trinajstić information content (AvgIpc) is 2.95. The first-order valence-electron chi connectivity index (χ1n) is 8.58. The molecule has 0 radical (unpaired) electrons. The van der Waals surface area contributed by atoms with E-state index in [1.54, 1.807) is 24.6 Å². The largest absolute Gasteiger partial charge is 0.480 e. The van der Waals surface area contributed by atoms with E-state index in [0.29, 0.717) is 11.4 Å². The first-order chi connectivity index (χ1) is 13.0. The van der Waals surface area contributed by atoms with Crippen LogP contribution in [-0.2, 0) is 11.8 Å². The van der Waals surface area contributed by atoms with Gasteiger partial charge in [-0.15, -0.1) is 0 Å². The maximum atomic E-state index is 12.6. The Kier molecular flexibility index (Phi) is 4.41. The molecule has 27 heavy (non-hydrogen) atoms. The number of nitrogens with one attached hydrogen (secondary N) is 1.